The van der Waals surface area contributed by atoms with Gasteiger partial charge in [-0.25, -0.2) is 4.98 Å². The standard InChI is InChI=1S/C5H3FN2O3/c6-5-4(11-8(9)10)2-1-3-7-5/h1-3H. The van der Waals surface area contributed by atoms with Gasteiger partial charge in [0.1, 0.15) is 0 Å². The van der Waals surface area contributed by atoms with Crippen molar-refractivity contribution < 1.29 is 14.3 Å². The van der Waals surface area contributed by atoms with Gasteiger partial charge in [0, 0.05) is 6.20 Å². The second-order valence-electron chi connectivity index (χ2n) is 1.61. The second kappa shape index (κ2) is 2.91. The molecule has 0 saturated carbocycles. The average Bonchev–Trinajstić information content (AvgIpc) is 1.93. The van der Waals surface area contributed by atoms with Crippen molar-refractivity contribution in [3.8, 4) is 5.75 Å². The molecule has 1 heterocycles. The van der Waals surface area contributed by atoms with Crippen molar-refractivity contribution in [1.29, 1.82) is 0 Å². The molecule has 0 unspecified atom stereocenters. The largest absolute Gasteiger partial charge is 0.299 e. The summed E-state index contributed by atoms with van der Waals surface area (Å²) in [4.78, 5) is 16.7. The highest BCUT2D eigenvalue weighted by Gasteiger charge is 2.05. The van der Waals surface area contributed by atoms with Crippen LogP contribution in [-0.4, -0.2) is 10.1 Å². The molecule has 0 bridgehead atoms. The molecule has 1 aromatic heterocycles. The van der Waals surface area contributed by atoms with Gasteiger partial charge in [-0.1, -0.05) is 0 Å². The van der Waals surface area contributed by atoms with Crippen LogP contribution in [0.5, 0.6) is 5.75 Å². The molecule has 0 atom stereocenters. The minimum Gasteiger partial charge on any atom is -0.271 e. The van der Waals surface area contributed by atoms with Crippen LogP contribution in [0.25, 0.3) is 0 Å². The molecule has 0 fully saturated rings. The molecule has 0 aliphatic rings. The molecule has 11 heavy (non-hydrogen) atoms. The van der Waals surface area contributed by atoms with Crippen LogP contribution in [0.1, 0.15) is 0 Å². The molecule has 1 aromatic rings. The summed E-state index contributed by atoms with van der Waals surface area (Å²) in [6, 6.07) is 2.45. The molecule has 0 aromatic carbocycles. The molecular weight excluding hydrogens is 155 g/mol. The van der Waals surface area contributed by atoms with E-state index in [0.717, 1.165) is 6.07 Å². The highest BCUT2D eigenvalue weighted by molar-refractivity contribution is 5.16. The maximum atomic E-state index is 12.4. The Bertz CT molecular complexity index is 278. The van der Waals surface area contributed by atoms with Gasteiger partial charge in [-0.3, -0.25) is 4.84 Å². The highest BCUT2D eigenvalue weighted by Crippen LogP contribution is 2.11. The Kier molecular flexibility index (Phi) is 1.95. The van der Waals surface area contributed by atoms with Crippen LogP contribution in [0.15, 0.2) is 18.3 Å². The normalized spacial score (nSPS) is 9.18. The second-order valence-corrected chi connectivity index (χ2v) is 1.61. The Morgan fingerprint density at radius 3 is 3.00 bits per heavy atom. The summed E-state index contributed by atoms with van der Waals surface area (Å²) in [6.45, 7) is 0. The van der Waals surface area contributed by atoms with Gasteiger partial charge in [0.05, 0.1) is 0 Å². The van der Waals surface area contributed by atoms with E-state index >= 15 is 0 Å². The van der Waals surface area contributed by atoms with Crippen molar-refractivity contribution in [3.05, 3.63) is 34.4 Å². The molecule has 0 amide bonds. The summed E-state index contributed by atoms with van der Waals surface area (Å²) >= 11 is 0. The Hall–Kier alpha value is -1.72. The zero-order valence-corrected chi connectivity index (χ0v) is 5.23. The number of rotatable bonds is 2. The van der Waals surface area contributed by atoms with E-state index < -0.39 is 16.8 Å². The van der Waals surface area contributed by atoms with Crippen LogP contribution in [0.3, 0.4) is 0 Å². The predicted molar refractivity (Wildman–Crippen MR) is 31.8 cm³/mol. The van der Waals surface area contributed by atoms with Crippen LogP contribution < -0.4 is 4.84 Å². The van der Waals surface area contributed by atoms with E-state index in [1.807, 2.05) is 0 Å². The zero-order chi connectivity index (χ0) is 8.27. The van der Waals surface area contributed by atoms with Gasteiger partial charge < -0.3 is 0 Å². The summed E-state index contributed by atoms with van der Waals surface area (Å²) < 4.78 is 12.4. The Morgan fingerprint density at radius 1 is 1.73 bits per heavy atom. The van der Waals surface area contributed by atoms with Crippen molar-refractivity contribution in [3.63, 3.8) is 0 Å². The maximum Gasteiger partial charge on any atom is 0.299 e. The minimum absolute atomic E-state index is 0.488. The number of hydrogen-bond donors (Lipinski definition) is 0. The number of nitrogens with zero attached hydrogens (tertiary/aromatic N) is 2. The number of aromatic nitrogens is 1. The fourth-order valence-electron chi connectivity index (χ4n) is 0.520. The molecule has 0 spiro atoms. The third-order valence-electron chi connectivity index (χ3n) is 0.898. The lowest BCUT2D eigenvalue weighted by Gasteiger charge is -1.96. The van der Waals surface area contributed by atoms with E-state index in [4.69, 9.17) is 0 Å². The topological polar surface area (TPSA) is 65.3 Å². The third-order valence-corrected chi connectivity index (χ3v) is 0.898. The molecule has 0 N–H and O–H groups in total. The van der Waals surface area contributed by atoms with Crippen LogP contribution >= 0.6 is 0 Å². The summed E-state index contributed by atoms with van der Waals surface area (Å²) in [5.41, 5.74) is 0. The van der Waals surface area contributed by atoms with Gasteiger partial charge in [-0.15, -0.1) is 10.1 Å². The fourth-order valence-corrected chi connectivity index (χ4v) is 0.520. The van der Waals surface area contributed by atoms with Crippen LogP contribution in [0.2, 0.25) is 0 Å². The lowest BCUT2D eigenvalue weighted by Crippen LogP contribution is -2.05. The van der Waals surface area contributed by atoms with E-state index in [1.165, 1.54) is 12.3 Å². The molecule has 6 heteroatoms. The first kappa shape index (κ1) is 7.39. The van der Waals surface area contributed by atoms with Gasteiger partial charge in [0.2, 0.25) is 5.95 Å². The monoisotopic (exact) mass is 158 g/mol. The van der Waals surface area contributed by atoms with Crippen molar-refractivity contribution in [2.45, 2.75) is 0 Å². The van der Waals surface area contributed by atoms with E-state index in [0.29, 0.717) is 0 Å². The summed E-state index contributed by atoms with van der Waals surface area (Å²) in [5, 5.41) is 8.61. The highest BCUT2D eigenvalue weighted by atomic mass is 19.1. The minimum atomic E-state index is -1.10. The van der Waals surface area contributed by atoms with E-state index in [9.17, 15) is 14.5 Å². The average molecular weight is 158 g/mol. The molecule has 5 nitrogen and oxygen atoms in total. The fraction of sp³-hybridized carbons (Fsp3) is 0. The number of halogens is 1. The van der Waals surface area contributed by atoms with Crippen LogP contribution in [0.4, 0.5) is 4.39 Å². The van der Waals surface area contributed by atoms with Crippen LogP contribution in [-0.2, 0) is 0 Å². The van der Waals surface area contributed by atoms with Crippen molar-refractivity contribution in [1.82, 2.24) is 4.98 Å². The van der Waals surface area contributed by atoms with Crippen molar-refractivity contribution in [2.75, 3.05) is 0 Å². The molecule has 58 valence electrons. The maximum absolute atomic E-state index is 12.4. The first-order valence-corrected chi connectivity index (χ1v) is 2.63. The van der Waals surface area contributed by atoms with Gasteiger partial charge in [0.15, 0.2) is 5.75 Å². The lowest BCUT2D eigenvalue weighted by molar-refractivity contribution is -0.711. The van der Waals surface area contributed by atoms with Crippen LogP contribution in [0, 0.1) is 16.1 Å². The summed E-state index contributed by atoms with van der Waals surface area (Å²) in [5.74, 6) is -1.48. The van der Waals surface area contributed by atoms with E-state index in [-0.39, 0.29) is 0 Å². The zero-order valence-electron chi connectivity index (χ0n) is 5.23. The van der Waals surface area contributed by atoms with Gasteiger partial charge >= 0.3 is 0 Å². The smallest absolute Gasteiger partial charge is 0.271 e. The summed E-state index contributed by atoms with van der Waals surface area (Å²) in [6.07, 6.45) is 1.17. The Labute approximate surface area is 60.5 Å². The lowest BCUT2D eigenvalue weighted by atomic mass is 10.5. The van der Waals surface area contributed by atoms with Gasteiger partial charge in [0.25, 0.3) is 5.09 Å². The van der Waals surface area contributed by atoms with E-state index in [1.54, 1.807) is 0 Å². The predicted octanol–water partition coefficient (Wildman–Crippen LogP) is 0.791. The Morgan fingerprint density at radius 2 is 2.45 bits per heavy atom. The quantitative estimate of drug-likeness (QED) is 0.362. The van der Waals surface area contributed by atoms with Gasteiger partial charge in [-0.05, 0) is 12.1 Å². The van der Waals surface area contributed by atoms with Crippen molar-refractivity contribution >= 4 is 0 Å². The molecule has 0 saturated heterocycles. The van der Waals surface area contributed by atoms with E-state index in [2.05, 4.69) is 9.82 Å². The number of pyridine rings is 1. The molecule has 0 radical (unpaired) electrons. The molecule has 0 aliphatic heterocycles. The molecule has 1 rings (SSSR count). The third kappa shape index (κ3) is 1.85. The molecular formula is C5H3FN2O3. The van der Waals surface area contributed by atoms with Gasteiger partial charge in [-0.2, -0.15) is 4.39 Å². The molecule has 0 aliphatic carbocycles. The number of hydrogen-bond acceptors (Lipinski definition) is 4. The SMILES string of the molecule is O=[N+]([O-])Oc1cccnc1F. The van der Waals surface area contributed by atoms with Crippen molar-refractivity contribution in [2.24, 2.45) is 0 Å². The Balaban J connectivity index is 2.86. The summed E-state index contributed by atoms with van der Waals surface area (Å²) in [7, 11) is 0. The first-order valence-electron chi connectivity index (χ1n) is 2.63. The first-order chi connectivity index (χ1) is 5.20.